The summed E-state index contributed by atoms with van der Waals surface area (Å²) in [7, 11) is 0. The number of benzene rings is 1. The summed E-state index contributed by atoms with van der Waals surface area (Å²) in [6.07, 6.45) is -0.0442. The Morgan fingerprint density at radius 3 is 2.71 bits per heavy atom. The van der Waals surface area contributed by atoms with E-state index >= 15 is 0 Å². The second-order valence-electron chi connectivity index (χ2n) is 5.01. The maximum absolute atomic E-state index is 11.1. The van der Waals surface area contributed by atoms with Crippen molar-refractivity contribution in [1.82, 2.24) is 20.2 Å². The van der Waals surface area contributed by atoms with Gasteiger partial charge in [0.1, 0.15) is 0 Å². The summed E-state index contributed by atoms with van der Waals surface area (Å²) in [6, 6.07) is 5.01. The number of carbonyl (C=O) groups is 1. The van der Waals surface area contributed by atoms with Crippen molar-refractivity contribution < 1.29 is 9.90 Å². The highest BCUT2D eigenvalue weighted by Crippen LogP contribution is 2.29. The summed E-state index contributed by atoms with van der Waals surface area (Å²) in [5.41, 5.74) is 0.732. The molecule has 0 saturated heterocycles. The average Bonchev–Trinajstić information content (AvgIpc) is 2.82. The second-order valence-corrected chi connectivity index (χ2v) is 6.37. The predicted octanol–water partition coefficient (Wildman–Crippen LogP) is 3.43. The normalized spacial score (nSPS) is 12.6. The molecule has 21 heavy (non-hydrogen) atoms. The monoisotopic (exact) mass is 372 g/mol. The van der Waals surface area contributed by atoms with E-state index in [1.165, 1.54) is 0 Å². The Hall–Kier alpha value is -1.47. The number of carboxylic acid groups (broad SMARTS) is 1. The van der Waals surface area contributed by atoms with Crippen LogP contribution in [0.15, 0.2) is 22.7 Å². The maximum atomic E-state index is 11.1. The first-order valence-electron chi connectivity index (χ1n) is 6.34. The fraction of sp³-hybridized carbons (Fsp3) is 0.385. The molecule has 1 N–H and O–H groups in total. The Morgan fingerprint density at radius 2 is 2.14 bits per heavy atom. The molecule has 0 bridgehead atoms. The van der Waals surface area contributed by atoms with Gasteiger partial charge in [-0.2, -0.15) is 0 Å². The van der Waals surface area contributed by atoms with E-state index in [1.807, 2.05) is 19.9 Å². The van der Waals surface area contributed by atoms with Gasteiger partial charge >= 0.3 is 5.97 Å². The molecule has 1 atom stereocenters. The van der Waals surface area contributed by atoms with Gasteiger partial charge in [0.2, 0.25) is 0 Å². The van der Waals surface area contributed by atoms with Gasteiger partial charge in [-0.15, -0.1) is 5.10 Å². The van der Waals surface area contributed by atoms with Gasteiger partial charge in [-0.1, -0.05) is 41.4 Å². The third-order valence-corrected chi connectivity index (χ3v) is 3.76. The highest BCUT2D eigenvalue weighted by molar-refractivity contribution is 9.10. The zero-order valence-corrected chi connectivity index (χ0v) is 13.8. The molecule has 0 aliphatic heterocycles. The Balaban J connectivity index is 2.47. The van der Waals surface area contributed by atoms with Crippen molar-refractivity contribution >= 4 is 33.5 Å². The van der Waals surface area contributed by atoms with Gasteiger partial charge in [0.05, 0.1) is 12.5 Å². The molecule has 2 aromatic rings. The molecular weight excluding hydrogens is 360 g/mol. The lowest BCUT2D eigenvalue weighted by Gasteiger charge is -2.20. The van der Waals surface area contributed by atoms with E-state index < -0.39 is 5.97 Å². The van der Waals surface area contributed by atoms with E-state index in [0.29, 0.717) is 10.8 Å². The number of tetrazole rings is 1. The minimum Gasteiger partial charge on any atom is -0.481 e. The van der Waals surface area contributed by atoms with Gasteiger partial charge < -0.3 is 5.11 Å². The van der Waals surface area contributed by atoms with Crippen molar-refractivity contribution in [2.75, 3.05) is 0 Å². The quantitative estimate of drug-likeness (QED) is 0.868. The first-order chi connectivity index (χ1) is 9.88. The van der Waals surface area contributed by atoms with E-state index in [0.717, 1.165) is 10.0 Å². The second kappa shape index (κ2) is 6.53. The first kappa shape index (κ1) is 15.9. The fourth-order valence-corrected chi connectivity index (χ4v) is 2.93. The van der Waals surface area contributed by atoms with Gasteiger partial charge in [0.15, 0.2) is 5.82 Å². The number of rotatable bonds is 5. The van der Waals surface area contributed by atoms with Crippen LogP contribution in [0.3, 0.4) is 0 Å². The molecule has 0 radical (unpaired) electrons. The van der Waals surface area contributed by atoms with Crippen molar-refractivity contribution in [3.63, 3.8) is 0 Å². The van der Waals surface area contributed by atoms with Crippen LogP contribution in [0.1, 0.15) is 26.3 Å². The van der Waals surface area contributed by atoms with Crippen molar-refractivity contribution in [2.24, 2.45) is 5.92 Å². The van der Waals surface area contributed by atoms with E-state index in [1.54, 1.807) is 16.8 Å². The summed E-state index contributed by atoms with van der Waals surface area (Å²) in [5, 5.41) is 21.3. The zero-order chi connectivity index (χ0) is 15.6. The molecule has 0 fully saturated rings. The van der Waals surface area contributed by atoms with Crippen molar-refractivity contribution in [3.05, 3.63) is 27.7 Å². The average molecular weight is 374 g/mol. The van der Waals surface area contributed by atoms with Gasteiger partial charge in [-0.25, -0.2) is 4.68 Å². The molecule has 0 aliphatic carbocycles. The summed E-state index contributed by atoms with van der Waals surface area (Å²) >= 11 is 9.42. The minimum absolute atomic E-state index is 0.0442. The molecular formula is C13H14BrClN4O2. The Bertz CT molecular complexity index is 639. The third-order valence-electron chi connectivity index (χ3n) is 3.08. The van der Waals surface area contributed by atoms with E-state index in [2.05, 4.69) is 31.5 Å². The van der Waals surface area contributed by atoms with Crippen LogP contribution in [0.2, 0.25) is 5.02 Å². The molecule has 1 heterocycles. The van der Waals surface area contributed by atoms with Crippen molar-refractivity contribution in [1.29, 1.82) is 0 Å². The summed E-state index contributed by atoms with van der Waals surface area (Å²) in [5.74, 6) is -0.313. The zero-order valence-electron chi connectivity index (χ0n) is 11.5. The van der Waals surface area contributed by atoms with Gasteiger partial charge in [0.25, 0.3) is 0 Å². The van der Waals surface area contributed by atoms with Crippen molar-refractivity contribution in [3.8, 4) is 11.4 Å². The SMILES string of the molecule is CC(C)C(CC(=O)O)n1nnnc1-c1cc(Cl)cc(Br)c1. The number of hydrogen-bond acceptors (Lipinski definition) is 4. The first-order valence-corrected chi connectivity index (χ1v) is 7.51. The van der Waals surface area contributed by atoms with E-state index in [-0.39, 0.29) is 18.4 Å². The van der Waals surface area contributed by atoms with Crippen LogP contribution >= 0.6 is 27.5 Å². The molecule has 2 rings (SSSR count). The molecule has 8 heteroatoms. The molecule has 1 unspecified atom stereocenters. The smallest absolute Gasteiger partial charge is 0.305 e. The predicted molar refractivity (Wildman–Crippen MR) is 82.1 cm³/mol. The number of carboxylic acids is 1. The lowest BCUT2D eigenvalue weighted by Crippen LogP contribution is -2.21. The topological polar surface area (TPSA) is 80.9 Å². The third kappa shape index (κ3) is 3.79. The fourth-order valence-electron chi connectivity index (χ4n) is 2.07. The van der Waals surface area contributed by atoms with Crippen LogP contribution in [0.5, 0.6) is 0 Å². The Morgan fingerprint density at radius 1 is 1.43 bits per heavy atom. The minimum atomic E-state index is -0.887. The molecule has 1 aromatic carbocycles. The molecule has 112 valence electrons. The molecule has 0 spiro atoms. The Labute approximate surface area is 135 Å². The summed E-state index contributed by atoms with van der Waals surface area (Å²) < 4.78 is 2.36. The largest absolute Gasteiger partial charge is 0.481 e. The van der Waals surface area contributed by atoms with Gasteiger partial charge in [-0.3, -0.25) is 4.79 Å². The molecule has 0 saturated carbocycles. The number of aliphatic carboxylic acids is 1. The van der Waals surface area contributed by atoms with Crippen molar-refractivity contribution in [2.45, 2.75) is 26.3 Å². The van der Waals surface area contributed by atoms with Crippen LogP contribution in [-0.4, -0.2) is 31.3 Å². The maximum Gasteiger partial charge on any atom is 0.305 e. The summed E-state index contributed by atoms with van der Waals surface area (Å²) in [4.78, 5) is 11.1. The van der Waals surface area contributed by atoms with Gasteiger partial charge in [-0.05, 0) is 34.5 Å². The highest BCUT2D eigenvalue weighted by atomic mass is 79.9. The number of aromatic nitrogens is 4. The van der Waals surface area contributed by atoms with Crippen LogP contribution in [0.4, 0.5) is 0 Å². The number of nitrogens with zero attached hydrogens (tertiary/aromatic N) is 4. The summed E-state index contributed by atoms with van der Waals surface area (Å²) in [6.45, 7) is 3.87. The lowest BCUT2D eigenvalue weighted by molar-refractivity contribution is -0.138. The molecule has 1 aromatic heterocycles. The van der Waals surface area contributed by atoms with E-state index in [9.17, 15) is 4.79 Å². The molecule has 0 amide bonds. The number of hydrogen-bond donors (Lipinski definition) is 1. The lowest BCUT2D eigenvalue weighted by atomic mass is 10.0. The van der Waals surface area contributed by atoms with Crippen LogP contribution in [0.25, 0.3) is 11.4 Å². The number of halogens is 2. The van der Waals surface area contributed by atoms with Gasteiger partial charge in [0, 0.05) is 15.1 Å². The van der Waals surface area contributed by atoms with Crippen LogP contribution < -0.4 is 0 Å². The van der Waals surface area contributed by atoms with Crippen LogP contribution in [-0.2, 0) is 4.79 Å². The van der Waals surface area contributed by atoms with E-state index in [4.69, 9.17) is 16.7 Å². The molecule has 6 nitrogen and oxygen atoms in total. The van der Waals surface area contributed by atoms with Crippen LogP contribution in [0, 0.1) is 5.92 Å². The molecule has 0 aliphatic rings. The highest BCUT2D eigenvalue weighted by Gasteiger charge is 2.24. The standard InChI is InChI=1S/C13H14BrClN4O2/c1-7(2)11(6-12(20)21)19-13(16-17-18-19)8-3-9(14)5-10(15)4-8/h3-5,7,11H,6H2,1-2H3,(H,20,21). The Kier molecular flexibility index (Phi) is 4.95.